The van der Waals surface area contributed by atoms with Gasteiger partial charge in [-0.1, -0.05) is 6.07 Å². The van der Waals surface area contributed by atoms with Crippen LogP contribution in [0.4, 0.5) is 17.6 Å². The second kappa shape index (κ2) is 6.44. The lowest BCUT2D eigenvalue weighted by Crippen LogP contribution is -2.48. The van der Waals surface area contributed by atoms with Crippen LogP contribution in [0.15, 0.2) is 41.0 Å². The Morgan fingerprint density at radius 1 is 1.12 bits per heavy atom. The van der Waals surface area contributed by atoms with Gasteiger partial charge in [0.2, 0.25) is 0 Å². The second-order valence-corrected chi connectivity index (χ2v) is 6.61. The molecule has 1 atom stereocenters. The van der Waals surface area contributed by atoms with Crippen molar-refractivity contribution >= 4 is 15.9 Å². The highest BCUT2D eigenvalue weighted by Gasteiger charge is 2.59. The standard InChI is InChI=1S/C17H14BrF4NO/c18-11-3-6-15(23-10-11)17(21,22)16(7-1-2-8-24-16)13-5-4-12(19)9-14(13)20/h3-6,9-10H,1-2,7-8H2. The average molecular weight is 404 g/mol. The molecule has 3 rings (SSSR count). The first-order chi connectivity index (χ1) is 11.4. The molecule has 1 unspecified atom stereocenters. The fourth-order valence-electron chi connectivity index (χ4n) is 3.01. The lowest BCUT2D eigenvalue weighted by atomic mass is 9.79. The maximum Gasteiger partial charge on any atom is 0.322 e. The van der Waals surface area contributed by atoms with E-state index in [4.69, 9.17) is 4.74 Å². The fourth-order valence-corrected chi connectivity index (χ4v) is 3.24. The zero-order valence-corrected chi connectivity index (χ0v) is 14.1. The molecule has 0 bridgehead atoms. The number of rotatable bonds is 3. The lowest BCUT2D eigenvalue weighted by molar-refractivity contribution is -0.243. The molecule has 0 radical (unpaired) electrons. The summed E-state index contributed by atoms with van der Waals surface area (Å²) in [5.41, 5.74) is -3.07. The summed E-state index contributed by atoms with van der Waals surface area (Å²) in [6.45, 7) is 0.0724. The summed E-state index contributed by atoms with van der Waals surface area (Å²) in [6, 6.07) is 5.20. The Hall–Kier alpha value is -1.47. The van der Waals surface area contributed by atoms with Crippen LogP contribution in [0.25, 0.3) is 0 Å². The van der Waals surface area contributed by atoms with Crippen LogP contribution in [0.2, 0.25) is 0 Å². The van der Waals surface area contributed by atoms with E-state index in [2.05, 4.69) is 20.9 Å². The van der Waals surface area contributed by atoms with Gasteiger partial charge in [0.05, 0.1) is 0 Å². The molecule has 0 spiro atoms. The van der Waals surface area contributed by atoms with Gasteiger partial charge in [0.25, 0.3) is 0 Å². The zero-order chi connectivity index (χ0) is 17.4. The Bertz CT molecular complexity index is 730. The third-order valence-corrected chi connectivity index (χ3v) is 4.66. The first-order valence-electron chi connectivity index (χ1n) is 7.46. The normalized spacial score (nSPS) is 21.7. The van der Waals surface area contributed by atoms with E-state index in [0.29, 0.717) is 23.4 Å². The molecule has 2 aromatic rings. The van der Waals surface area contributed by atoms with Crippen LogP contribution >= 0.6 is 15.9 Å². The maximum atomic E-state index is 15.3. The molecule has 0 aliphatic carbocycles. The number of benzene rings is 1. The van der Waals surface area contributed by atoms with Gasteiger partial charge in [0.1, 0.15) is 17.3 Å². The Kier molecular flexibility index (Phi) is 4.66. The molecule has 2 nitrogen and oxygen atoms in total. The maximum absolute atomic E-state index is 15.3. The Morgan fingerprint density at radius 3 is 2.50 bits per heavy atom. The van der Waals surface area contributed by atoms with Crippen molar-refractivity contribution in [2.24, 2.45) is 0 Å². The third kappa shape index (κ3) is 2.84. The quantitative estimate of drug-likeness (QED) is 0.647. The summed E-state index contributed by atoms with van der Waals surface area (Å²) < 4.78 is 64.2. The van der Waals surface area contributed by atoms with Crippen LogP contribution < -0.4 is 0 Å². The summed E-state index contributed by atoms with van der Waals surface area (Å²) in [5, 5.41) is 0. The summed E-state index contributed by atoms with van der Waals surface area (Å²) >= 11 is 3.15. The predicted molar refractivity (Wildman–Crippen MR) is 83.7 cm³/mol. The number of pyridine rings is 1. The smallest absolute Gasteiger partial charge is 0.322 e. The third-order valence-electron chi connectivity index (χ3n) is 4.19. The summed E-state index contributed by atoms with van der Waals surface area (Å²) in [6.07, 6.45) is 2.22. The molecule has 0 saturated carbocycles. The van der Waals surface area contributed by atoms with Crippen molar-refractivity contribution in [3.05, 3.63) is 63.9 Å². The molecule has 0 amide bonds. The molecule has 1 aromatic heterocycles. The van der Waals surface area contributed by atoms with E-state index in [-0.39, 0.29) is 18.6 Å². The number of nitrogens with zero attached hydrogens (tertiary/aromatic N) is 1. The minimum absolute atomic E-state index is 0.0724. The fraction of sp³-hybridized carbons (Fsp3) is 0.353. The molecular formula is C17H14BrF4NO. The van der Waals surface area contributed by atoms with E-state index < -0.39 is 28.9 Å². The van der Waals surface area contributed by atoms with Crippen LogP contribution in [-0.2, 0) is 16.3 Å². The van der Waals surface area contributed by atoms with E-state index >= 15 is 8.78 Å². The van der Waals surface area contributed by atoms with Gasteiger partial charge in [-0.25, -0.2) is 8.78 Å². The molecule has 1 fully saturated rings. The topological polar surface area (TPSA) is 22.1 Å². The van der Waals surface area contributed by atoms with Gasteiger partial charge in [-0.2, -0.15) is 8.78 Å². The van der Waals surface area contributed by atoms with Crippen LogP contribution in [0.1, 0.15) is 30.5 Å². The number of halogens is 5. The molecule has 0 N–H and O–H groups in total. The highest BCUT2D eigenvalue weighted by Crippen LogP contribution is 2.52. The number of ether oxygens (including phenoxy) is 1. The minimum atomic E-state index is -3.58. The highest BCUT2D eigenvalue weighted by atomic mass is 79.9. The molecular weight excluding hydrogens is 390 g/mol. The molecule has 1 aromatic carbocycles. The van der Waals surface area contributed by atoms with E-state index in [9.17, 15) is 8.78 Å². The SMILES string of the molecule is Fc1ccc(C2(C(F)(F)c3ccc(Br)cn3)CCCCO2)c(F)c1. The van der Waals surface area contributed by atoms with Gasteiger partial charge in [-0.3, -0.25) is 4.98 Å². The first-order valence-corrected chi connectivity index (χ1v) is 8.25. The first kappa shape index (κ1) is 17.4. The number of hydrogen-bond donors (Lipinski definition) is 0. The van der Waals surface area contributed by atoms with Crippen molar-refractivity contribution < 1.29 is 22.3 Å². The highest BCUT2D eigenvalue weighted by molar-refractivity contribution is 9.10. The van der Waals surface area contributed by atoms with E-state index in [1.807, 2.05) is 0 Å². The van der Waals surface area contributed by atoms with Crippen molar-refractivity contribution in [3.63, 3.8) is 0 Å². The largest absolute Gasteiger partial charge is 0.363 e. The van der Waals surface area contributed by atoms with Gasteiger partial charge < -0.3 is 4.74 Å². The van der Waals surface area contributed by atoms with Gasteiger partial charge in [-0.15, -0.1) is 0 Å². The second-order valence-electron chi connectivity index (χ2n) is 5.69. The Balaban J connectivity index is 2.16. The van der Waals surface area contributed by atoms with Gasteiger partial charge in [0, 0.05) is 28.9 Å². The summed E-state index contributed by atoms with van der Waals surface area (Å²) in [5.74, 6) is -5.45. The van der Waals surface area contributed by atoms with Crippen molar-refractivity contribution in [2.75, 3.05) is 6.61 Å². The molecule has 1 aliphatic rings. The monoisotopic (exact) mass is 403 g/mol. The van der Waals surface area contributed by atoms with Gasteiger partial charge in [-0.05, 0) is 53.4 Å². The lowest BCUT2D eigenvalue weighted by Gasteiger charge is -2.43. The van der Waals surface area contributed by atoms with E-state index in [1.54, 1.807) is 0 Å². The van der Waals surface area contributed by atoms with E-state index in [0.717, 1.165) is 12.1 Å². The van der Waals surface area contributed by atoms with Crippen molar-refractivity contribution in [1.82, 2.24) is 4.98 Å². The molecule has 7 heteroatoms. The summed E-state index contributed by atoms with van der Waals surface area (Å²) in [7, 11) is 0. The van der Waals surface area contributed by atoms with Gasteiger partial charge >= 0.3 is 5.92 Å². The van der Waals surface area contributed by atoms with E-state index in [1.165, 1.54) is 18.3 Å². The number of alkyl halides is 2. The van der Waals surface area contributed by atoms with Crippen LogP contribution in [0.3, 0.4) is 0 Å². The number of hydrogen-bond acceptors (Lipinski definition) is 2. The molecule has 2 heterocycles. The molecule has 1 aliphatic heterocycles. The molecule has 1 saturated heterocycles. The van der Waals surface area contributed by atoms with Crippen molar-refractivity contribution in [3.8, 4) is 0 Å². The van der Waals surface area contributed by atoms with Crippen LogP contribution in [-0.4, -0.2) is 11.6 Å². The molecule has 24 heavy (non-hydrogen) atoms. The average Bonchev–Trinajstić information content (AvgIpc) is 2.55. The Labute approximate surface area is 145 Å². The van der Waals surface area contributed by atoms with Crippen molar-refractivity contribution in [1.29, 1.82) is 0 Å². The van der Waals surface area contributed by atoms with Crippen molar-refractivity contribution in [2.45, 2.75) is 30.8 Å². The van der Waals surface area contributed by atoms with Crippen LogP contribution in [0, 0.1) is 11.6 Å². The zero-order valence-electron chi connectivity index (χ0n) is 12.5. The van der Waals surface area contributed by atoms with Gasteiger partial charge in [0.15, 0.2) is 5.60 Å². The Morgan fingerprint density at radius 2 is 1.92 bits per heavy atom. The molecule has 128 valence electrons. The minimum Gasteiger partial charge on any atom is -0.363 e. The number of aromatic nitrogens is 1. The summed E-state index contributed by atoms with van der Waals surface area (Å²) in [4.78, 5) is 3.77. The predicted octanol–water partition coefficient (Wildman–Crippen LogP) is 5.31. The van der Waals surface area contributed by atoms with Crippen LogP contribution in [0.5, 0.6) is 0 Å².